The van der Waals surface area contributed by atoms with Crippen molar-refractivity contribution < 1.29 is 13.9 Å². The topological polar surface area (TPSA) is 72.1 Å². The first-order valence-electron chi connectivity index (χ1n) is 10.1. The summed E-state index contributed by atoms with van der Waals surface area (Å²) in [5.41, 5.74) is 7.83. The smallest absolute Gasteiger partial charge is 0.193 e. The second-order valence-corrected chi connectivity index (χ2v) is 8.12. The van der Waals surface area contributed by atoms with Crippen molar-refractivity contribution in [1.82, 2.24) is 4.90 Å². The molecule has 2 aromatic carbocycles. The van der Waals surface area contributed by atoms with Gasteiger partial charge in [-0.25, -0.2) is 4.39 Å². The van der Waals surface area contributed by atoms with Gasteiger partial charge in [-0.2, -0.15) is 0 Å². The number of rotatable bonds is 4. The lowest BCUT2D eigenvalue weighted by molar-refractivity contribution is 0.279. The lowest BCUT2D eigenvalue weighted by Crippen LogP contribution is -2.26. The number of aliphatic imine (C=N–C) groups is 1. The number of ether oxygens (including phenoxy) is 2. The normalized spacial score (nSPS) is 22.0. The Morgan fingerprint density at radius 3 is 2.83 bits per heavy atom. The van der Waals surface area contributed by atoms with Crippen molar-refractivity contribution >= 4 is 23.2 Å². The molecule has 0 amide bonds. The van der Waals surface area contributed by atoms with Crippen molar-refractivity contribution in [3.05, 3.63) is 52.8 Å². The average molecular weight is 433 g/mol. The number of halogens is 2. The maximum absolute atomic E-state index is 14.0. The third kappa shape index (κ3) is 4.63. The Morgan fingerprint density at radius 2 is 2.03 bits per heavy atom. The van der Waals surface area contributed by atoms with E-state index in [1.54, 1.807) is 6.07 Å². The van der Waals surface area contributed by atoms with Gasteiger partial charge in [0.25, 0.3) is 0 Å². The predicted molar refractivity (Wildman–Crippen MR) is 117 cm³/mol. The fourth-order valence-electron chi connectivity index (χ4n) is 4.08. The Labute approximate surface area is 180 Å². The molecule has 2 unspecified atom stereocenters. The van der Waals surface area contributed by atoms with Gasteiger partial charge in [-0.3, -0.25) is 9.89 Å². The van der Waals surface area contributed by atoms with Gasteiger partial charge in [0.2, 0.25) is 0 Å². The molecule has 2 aliphatic rings. The summed E-state index contributed by atoms with van der Waals surface area (Å²) in [6.07, 6.45) is 1.82. The Bertz CT molecular complexity index is 939. The van der Waals surface area contributed by atoms with E-state index in [0.717, 1.165) is 36.4 Å². The highest BCUT2D eigenvalue weighted by Gasteiger charge is 2.33. The minimum absolute atomic E-state index is 0.0753. The van der Waals surface area contributed by atoms with E-state index < -0.39 is 5.82 Å². The van der Waals surface area contributed by atoms with Crippen LogP contribution in [0.1, 0.15) is 24.4 Å². The molecule has 2 aliphatic heterocycles. The largest absolute Gasteiger partial charge is 0.490 e. The van der Waals surface area contributed by atoms with Gasteiger partial charge >= 0.3 is 0 Å². The quantitative estimate of drug-likeness (QED) is 0.563. The van der Waals surface area contributed by atoms with Crippen LogP contribution in [0.25, 0.3) is 0 Å². The summed E-state index contributed by atoms with van der Waals surface area (Å²) in [4.78, 5) is 6.77. The van der Waals surface area contributed by atoms with Crippen LogP contribution in [0.5, 0.6) is 11.5 Å². The number of nitrogens with zero attached hydrogens (tertiary/aromatic N) is 2. The zero-order chi connectivity index (χ0) is 21.1. The first-order chi connectivity index (χ1) is 14.5. The number of hydrogen-bond donors (Lipinski definition) is 2. The third-order valence-corrected chi connectivity index (χ3v) is 5.88. The van der Waals surface area contributed by atoms with E-state index >= 15 is 0 Å². The maximum Gasteiger partial charge on any atom is 0.193 e. The van der Waals surface area contributed by atoms with Crippen molar-refractivity contribution in [1.29, 1.82) is 0 Å². The zero-order valence-electron chi connectivity index (χ0n) is 16.9. The molecule has 30 heavy (non-hydrogen) atoms. The van der Waals surface area contributed by atoms with Crippen LogP contribution >= 0.6 is 11.6 Å². The molecule has 160 valence electrons. The maximum atomic E-state index is 14.0. The zero-order valence-corrected chi connectivity index (χ0v) is 17.7. The van der Waals surface area contributed by atoms with Gasteiger partial charge in [0.1, 0.15) is 5.82 Å². The van der Waals surface area contributed by atoms with Gasteiger partial charge in [0, 0.05) is 30.8 Å². The number of likely N-dealkylation sites (tertiary alicyclic amines) is 1. The summed E-state index contributed by atoms with van der Waals surface area (Å²) in [5, 5.41) is 3.26. The van der Waals surface area contributed by atoms with Gasteiger partial charge in [-0.05, 0) is 55.8 Å². The van der Waals surface area contributed by atoms with Crippen molar-refractivity contribution in [3.63, 3.8) is 0 Å². The molecule has 4 rings (SSSR count). The number of anilines is 1. The molecule has 2 aromatic rings. The molecule has 8 heteroatoms. The molecule has 0 spiro atoms. The van der Waals surface area contributed by atoms with Gasteiger partial charge in [-0.1, -0.05) is 17.7 Å². The fourth-order valence-corrected chi connectivity index (χ4v) is 4.20. The fraction of sp³-hybridized carbons (Fsp3) is 0.409. The van der Waals surface area contributed by atoms with Crippen LogP contribution in [-0.2, 0) is 0 Å². The lowest BCUT2D eigenvalue weighted by atomic mass is 9.94. The molecule has 2 heterocycles. The standard InChI is InChI=1S/C22H26ClFN4O2/c1-28-8-7-15(21(28)14-3-5-17(23)18(24)11-14)13-26-22(25)27-16-4-6-19-20(12-16)30-10-2-9-29-19/h3-6,11-12,15,21H,2,7-10,13H2,1H3,(H3,25,26,27). The Hall–Kier alpha value is -2.51. The van der Waals surface area contributed by atoms with Crippen LogP contribution < -0.4 is 20.5 Å². The van der Waals surface area contributed by atoms with Gasteiger partial charge in [0.05, 0.1) is 18.2 Å². The molecule has 0 saturated carbocycles. The molecule has 0 aliphatic carbocycles. The van der Waals surface area contributed by atoms with Gasteiger partial charge in [0.15, 0.2) is 17.5 Å². The first kappa shape index (κ1) is 20.8. The highest BCUT2D eigenvalue weighted by Crippen LogP contribution is 2.37. The summed E-state index contributed by atoms with van der Waals surface area (Å²) < 4.78 is 25.3. The molecule has 0 aromatic heterocycles. The highest BCUT2D eigenvalue weighted by atomic mass is 35.5. The van der Waals surface area contributed by atoms with Crippen molar-refractivity contribution in [2.75, 3.05) is 38.7 Å². The number of benzene rings is 2. The molecular weight excluding hydrogens is 407 g/mol. The second kappa shape index (κ2) is 9.10. The Kier molecular flexibility index (Phi) is 6.29. The van der Waals surface area contributed by atoms with Crippen LogP contribution in [0, 0.1) is 11.7 Å². The minimum Gasteiger partial charge on any atom is -0.490 e. The summed E-state index contributed by atoms with van der Waals surface area (Å²) in [6, 6.07) is 10.7. The van der Waals surface area contributed by atoms with E-state index in [0.29, 0.717) is 31.5 Å². The summed E-state index contributed by atoms with van der Waals surface area (Å²) in [5.74, 6) is 1.61. The SMILES string of the molecule is CN1CCC(CN=C(N)Nc2ccc3c(c2)OCCCO3)C1c1ccc(Cl)c(F)c1. The molecule has 3 N–H and O–H groups in total. The Morgan fingerprint density at radius 1 is 1.23 bits per heavy atom. The number of fused-ring (bicyclic) bond motifs is 1. The molecule has 2 atom stereocenters. The van der Waals surface area contributed by atoms with Crippen molar-refractivity contribution in [2.45, 2.75) is 18.9 Å². The summed E-state index contributed by atoms with van der Waals surface area (Å²) in [6.45, 7) is 2.74. The van der Waals surface area contributed by atoms with Gasteiger partial charge < -0.3 is 20.5 Å². The van der Waals surface area contributed by atoms with E-state index in [-0.39, 0.29) is 17.0 Å². The van der Waals surface area contributed by atoms with E-state index in [2.05, 4.69) is 15.2 Å². The van der Waals surface area contributed by atoms with Crippen molar-refractivity contribution in [2.24, 2.45) is 16.6 Å². The number of nitrogens with one attached hydrogen (secondary N) is 1. The lowest BCUT2D eigenvalue weighted by Gasteiger charge is -2.25. The van der Waals surface area contributed by atoms with Gasteiger partial charge in [-0.15, -0.1) is 0 Å². The van der Waals surface area contributed by atoms with E-state index in [4.69, 9.17) is 26.8 Å². The minimum atomic E-state index is -0.396. The first-order valence-corrected chi connectivity index (χ1v) is 10.5. The van der Waals surface area contributed by atoms with Crippen LogP contribution in [-0.4, -0.2) is 44.2 Å². The van der Waals surface area contributed by atoms with E-state index in [9.17, 15) is 4.39 Å². The highest BCUT2D eigenvalue weighted by molar-refractivity contribution is 6.30. The van der Waals surface area contributed by atoms with E-state index in [1.807, 2.05) is 31.3 Å². The molecular formula is C22H26ClFN4O2. The molecule has 0 bridgehead atoms. The van der Waals surface area contributed by atoms with Crippen LogP contribution in [0.2, 0.25) is 5.02 Å². The predicted octanol–water partition coefficient (Wildman–Crippen LogP) is 4.06. The van der Waals surface area contributed by atoms with Crippen LogP contribution in [0.3, 0.4) is 0 Å². The second-order valence-electron chi connectivity index (χ2n) is 7.71. The summed E-state index contributed by atoms with van der Waals surface area (Å²) in [7, 11) is 2.04. The number of hydrogen-bond acceptors (Lipinski definition) is 4. The number of guanidine groups is 1. The average Bonchev–Trinajstić information content (AvgIpc) is 2.94. The molecule has 6 nitrogen and oxygen atoms in total. The molecule has 1 fully saturated rings. The summed E-state index contributed by atoms with van der Waals surface area (Å²) >= 11 is 5.84. The van der Waals surface area contributed by atoms with E-state index in [1.165, 1.54) is 6.07 Å². The Balaban J connectivity index is 1.43. The molecule has 0 radical (unpaired) electrons. The molecule has 1 saturated heterocycles. The van der Waals surface area contributed by atoms with Crippen LogP contribution in [0.4, 0.5) is 10.1 Å². The third-order valence-electron chi connectivity index (χ3n) is 5.58. The van der Waals surface area contributed by atoms with Crippen molar-refractivity contribution in [3.8, 4) is 11.5 Å². The monoisotopic (exact) mass is 432 g/mol. The van der Waals surface area contributed by atoms with Crippen LogP contribution in [0.15, 0.2) is 41.4 Å². The number of nitrogens with two attached hydrogens (primary N) is 1.